The maximum absolute atomic E-state index is 12.2. The standard InChI is InChI=1S/C14H15Cl2NO3/c1-2-17(7-12(18)19)14(20)10-6-9(10)8-4-3-5-11(15)13(8)16/h3-5,9-10H,2,6-7H2,1H3,(H,18,19). The first-order valence-corrected chi connectivity index (χ1v) is 7.15. The number of halogens is 2. The molecule has 1 aromatic carbocycles. The number of aliphatic carboxylic acids is 1. The molecule has 20 heavy (non-hydrogen) atoms. The van der Waals surface area contributed by atoms with Gasteiger partial charge in [-0.15, -0.1) is 0 Å². The molecule has 1 aliphatic rings. The summed E-state index contributed by atoms with van der Waals surface area (Å²) in [5.74, 6) is -1.28. The van der Waals surface area contributed by atoms with Crippen LogP contribution in [-0.4, -0.2) is 35.0 Å². The number of amides is 1. The molecule has 0 radical (unpaired) electrons. The summed E-state index contributed by atoms with van der Waals surface area (Å²) in [6, 6.07) is 5.37. The number of likely N-dealkylation sites (N-methyl/N-ethyl adjacent to an activating group) is 1. The number of carboxylic acid groups (broad SMARTS) is 1. The normalized spacial score (nSPS) is 20.6. The van der Waals surface area contributed by atoms with Gasteiger partial charge in [-0.05, 0) is 30.9 Å². The van der Waals surface area contributed by atoms with Crippen LogP contribution < -0.4 is 0 Å². The highest BCUT2D eigenvalue weighted by Gasteiger charge is 2.46. The van der Waals surface area contributed by atoms with Crippen molar-refractivity contribution in [2.45, 2.75) is 19.3 Å². The second kappa shape index (κ2) is 6.02. The highest BCUT2D eigenvalue weighted by atomic mass is 35.5. The number of carbonyl (C=O) groups is 2. The van der Waals surface area contributed by atoms with Gasteiger partial charge in [-0.1, -0.05) is 35.3 Å². The third-order valence-electron chi connectivity index (χ3n) is 3.51. The molecule has 0 saturated heterocycles. The van der Waals surface area contributed by atoms with Crippen LogP contribution in [0.25, 0.3) is 0 Å². The molecule has 1 amide bonds. The number of hydrogen-bond donors (Lipinski definition) is 1. The van der Waals surface area contributed by atoms with Gasteiger partial charge in [0, 0.05) is 12.5 Å². The van der Waals surface area contributed by atoms with E-state index in [1.165, 1.54) is 4.90 Å². The van der Waals surface area contributed by atoms with E-state index in [4.69, 9.17) is 28.3 Å². The van der Waals surface area contributed by atoms with E-state index >= 15 is 0 Å². The molecule has 1 N–H and O–H groups in total. The fourth-order valence-electron chi connectivity index (χ4n) is 2.36. The largest absolute Gasteiger partial charge is 0.480 e. The zero-order valence-corrected chi connectivity index (χ0v) is 12.5. The van der Waals surface area contributed by atoms with Crippen LogP contribution in [0, 0.1) is 5.92 Å². The van der Waals surface area contributed by atoms with E-state index in [0.717, 1.165) is 5.56 Å². The number of nitrogens with zero attached hydrogens (tertiary/aromatic N) is 1. The van der Waals surface area contributed by atoms with Crippen molar-refractivity contribution >= 4 is 35.1 Å². The third-order valence-corrected chi connectivity index (χ3v) is 4.34. The fraction of sp³-hybridized carbons (Fsp3) is 0.429. The van der Waals surface area contributed by atoms with Gasteiger partial charge in [0.15, 0.2) is 0 Å². The maximum Gasteiger partial charge on any atom is 0.323 e. The summed E-state index contributed by atoms with van der Waals surface area (Å²) < 4.78 is 0. The lowest BCUT2D eigenvalue weighted by molar-refractivity contribution is -0.144. The predicted octanol–water partition coefficient (Wildman–Crippen LogP) is 3.03. The van der Waals surface area contributed by atoms with Crippen molar-refractivity contribution in [1.82, 2.24) is 4.90 Å². The molecule has 0 bridgehead atoms. The molecule has 0 aliphatic heterocycles. The molecule has 2 rings (SSSR count). The van der Waals surface area contributed by atoms with Crippen molar-refractivity contribution in [1.29, 1.82) is 0 Å². The van der Waals surface area contributed by atoms with E-state index in [0.29, 0.717) is 23.0 Å². The Bertz CT molecular complexity index is 547. The quantitative estimate of drug-likeness (QED) is 0.908. The van der Waals surface area contributed by atoms with Crippen molar-refractivity contribution in [3.05, 3.63) is 33.8 Å². The van der Waals surface area contributed by atoms with Gasteiger partial charge in [0.05, 0.1) is 10.0 Å². The minimum absolute atomic E-state index is 0.0385. The molecule has 108 valence electrons. The Labute approximate surface area is 127 Å². The van der Waals surface area contributed by atoms with Gasteiger partial charge in [0.1, 0.15) is 6.54 Å². The molecule has 0 spiro atoms. The average molecular weight is 316 g/mol. The van der Waals surface area contributed by atoms with Crippen LogP contribution in [0.5, 0.6) is 0 Å². The molecular formula is C14H15Cl2NO3. The summed E-state index contributed by atoms with van der Waals surface area (Å²) in [6.45, 7) is 1.89. The lowest BCUT2D eigenvalue weighted by atomic mass is 10.1. The second-order valence-electron chi connectivity index (χ2n) is 4.84. The molecule has 4 nitrogen and oxygen atoms in total. The highest BCUT2D eigenvalue weighted by Crippen LogP contribution is 2.51. The van der Waals surface area contributed by atoms with Crippen LogP contribution in [0.15, 0.2) is 18.2 Å². The van der Waals surface area contributed by atoms with Gasteiger partial charge in [-0.3, -0.25) is 9.59 Å². The average Bonchev–Trinajstić information content (AvgIpc) is 3.18. The van der Waals surface area contributed by atoms with Gasteiger partial charge in [0.2, 0.25) is 5.91 Å². The number of rotatable bonds is 5. The van der Waals surface area contributed by atoms with Crippen molar-refractivity contribution < 1.29 is 14.7 Å². The van der Waals surface area contributed by atoms with E-state index in [9.17, 15) is 9.59 Å². The zero-order valence-electron chi connectivity index (χ0n) is 11.0. The molecular weight excluding hydrogens is 301 g/mol. The zero-order chi connectivity index (χ0) is 14.9. The van der Waals surface area contributed by atoms with Crippen molar-refractivity contribution in [3.8, 4) is 0 Å². The van der Waals surface area contributed by atoms with Gasteiger partial charge in [-0.25, -0.2) is 0 Å². The maximum atomic E-state index is 12.2. The Morgan fingerprint density at radius 3 is 2.70 bits per heavy atom. The summed E-state index contributed by atoms with van der Waals surface area (Å²) in [6.07, 6.45) is 0.689. The first-order chi connectivity index (χ1) is 9.45. The van der Waals surface area contributed by atoms with Crippen molar-refractivity contribution in [2.75, 3.05) is 13.1 Å². The van der Waals surface area contributed by atoms with Gasteiger partial charge in [0.25, 0.3) is 0 Å². The molecule has 1 fully saturated rings. The van der Waals surface area contributed by atoms with E-state index in [1.807, 2.05) is 6.07 Å². The number of hydrogen-bond acceptors (Lipinski definition) is 2. The van der Waals surface area contributed by atoms with Crippen LogP contribution in [0.2, 0.25) is 10.0 Å². The summed E-state index contributed by atoms with van der Waals surface area (Å²) >= 11 is 12.1. The summed E-state index contributed by atoms with van der Waals surface area (Å²) in [5.41, 5.74) is 0.865. The molecule has 6 heteroatoms. The predicted molar refractivity (Wildman–Crippen MR) is 77.2 cm³/mol. The van der Waals surface area contributed by atoms with Crippen LogP contribution in [-0.2, 0) is 9.59 Å². The van der Waals surface area contributed by atoms with Crippen LogP contribution in [0.1, 0.15) is 24.8 Å². The molecule has 1 saturated carbocycles. The fourth-order valence-corrected chi connectivity index (χ4v) is 2.81. The van der Waals surface area contributed by atoms with Crippen molar-refractivity contribution in [2.24, 2.45) is 5.92 Å². The van der Waals surface area contributed by atoms with E-state index < -0.39 is 5.97 Å². The Morgan fingerprint density at radius 2 is 2.10 bits per heavy atom. The molecule has 2 unspecified atom stereocenters. The lowest BCUT2D eigenvalue weighted by Gasteiger charge is -2.18. The Morgan fingerprint density at radius 1 is 1.40 bits per heavy atom. The third kappa shape index (κ3) is 3.07. The van der Waals surface area contributed by atoms with E-state index in [-0.39, 0.29) is 24.3 Å². The van der Waals surface area contributed by atoms with Crippen LogP contribution >= 0.6 is 23.2 Å². The molecule has 1 aromatic rings. The number of benzene rings is 1. The first kappa shape index (κ1) is 15.1. The smallest absolute Gasteiger partial charge is 0.323 e. The van der Waals surface area contributed by atoms with Gasteiger partial charge < -0.3 is 10.0 Å². The summed E-state index contributed by atoms with van der Waals surface area (Å²) in [7, 11) is 0. The minimum Gasteiger partial charge on any atom is -0.480 e. The Kier molecular flexibility index (Phi) is 4.55. The monoisotopic (exact) mass is 315 g/mol. The summed E-state index contributed by atoms with van der Waals surface area (Å²) in [5, 5.41) is 9.75. The highest BCUT2D eigenvalue weighted by molar-refractivity contribution is 6.42. The second-order valence-corrected chi connectivity index (χ2v) is 5.62. The molecule has 1 aliphatic carbocycles. The topological polar surface area (TPSA) is 57.6 Å². The van der Waals surface area contributed by atoms with Crippen molar-refractivity contribution in [3.63, 3.8) is 0 Å². The lowest BCUT2D eigenvalue weighted by Crippen LogP contribution is -2.36. The minimum atomic E-state index is -1.00. The summed E-state index contributed by atoms with van der Waals surface area (Å²) in [4.78, 5) is 24.3. The molecule has 0 aromatic heterocycles. The van der Waals surface area contributed by atoms with Gasteiger partial charge >= 0.3 is 5.97 Å². The Balaban J connectivity index is 2.09. The number of carboxylic acids is 1. The Hall–Kier alpha value is -1.26. The van der Waals surface area contributed by atoms with E-state index in [2.05, 4.69) is 0 Å². The molecule has 2 atom stereocenters. The van der Waals surface area contributed by atoms with E-state index in [1.54, 1.807) is 19.1 Å². The molecule has 0 heterocycles. The van der Waals surface area contributed by atoms with Crippen LogP contribution in [0.4, 0.5) is 0 Å². The van der Waals surface area contributed by atoms with Gasteiger partial charge in [-0.2, -0.15) is 0 Å². The van der Waals surface area contributed by atoms with Crippen LogP contribution in [0.3, 0.4) is 0 Å². The first-order valence-electron chi connectivity index (χ1n) is 6.40. The number of carbonyl (C=O) groups excluding carboxylic acids is 1. The SMILES string of the molecule is CCN(CC(=O)O)C(=O)C1CC1c1cccc(Cl)c1Cl.